The molecule has 0 amide bonds. The third kappa shape index (κ3) is 4.37. The monoisotopic (exact) mass is 455 g/mol. The van der Waals surface area contributed by atoms with Crippen molar-refractivity contribution in [3.8, 4) is 5.69 Å². The molecule has 0 N–H and O–H groups in total. The molecule has 0 atom stereocenters. The maximum absolute atomic E-state index is 14.5. The van der Waals surface area contributed by atoms with E-state index in [0.717, 1.165) is 23.7 Å². The summed E-state index contributed by atoms with van der Waals surface area (Å²) in [6, 6.07) is 1.57. The van der Waals surface area contributed by atoms with Crippen LogP contribution in [0.2, 0.25) is 5.02 Å². The SMILES string of the molecule is C=CCN(c1cc(-n2c(=O)cc(C(F)(F)F)n(C)c2=O)c(F)cc1Cl)S(C)(=O)=O. The van der Waals surface area contributed by atoms with Gasteiger partial charge in [0.25, 0.3) is 5.56 Å². The van der Waals surface area contributed by atoms with Gasteiger partial charge in [0.15, 0.2) is 0 Å². The van der Waals surface area contributed by atoms with Crippen molar-refractivity contribution in [1.82, 2.24) is 9.13 Å². The molecule has 7 nitrogen and oxygen atoms in total. The first-order valence-electron chi connectivity index (χ1n) is 7.68. The molecular weight excluding hydrogens is 442 g/mol. The van der Waals surface area contributed by atoms with E-state index in [-0.39, 0.29) is 32.5 Å². The first-order chi connectivity index (χ1) is 13.2. The highest BCUT2D eigenvalue weighted by molar-refractivity contribution is 7.92. The lowest BCUT2D eigenvalue weighted by molar-refractivity contribution is -0.144. The van der Waals surface area contributed by atoms with Gasteiger partial charge in [0.2, 0.25) is 10.0 Å². The molecule has 0 bridgehead atoms. The average Bonchev–Trinajstić information content (AvgIpc) is 2.56. The third-order valence-corrected chi connectivity index (χ3v) is 5.28. The van der Waals surface area contributed by atoms with E-state index in [0.29, 0.717) is 6.07 Å². The van der Waals surface area contributed by atoms with Crippen molar-refractivity contribution < 1.29 is 26.0 Å². The lowest BCUT2D eigenvalue weighted by Crippen LogP contribution is -2.41. The Morgan fingerprint density at radius 1 is 1.24 bits per heavy atom. The van der Waals surface area contributed by atoms with Gasteiger partial charge in [0.1, 0.15) is 11.5 Å². The van der Waals surface area contributed by atoms with Gasteiger partial charge in [-0.3, -0.25) is 13.7 Å². The second-order valence-corrected chi connectivity index (χ2v) is 8.19. The molecule has 1 aromatic heterocycles. The summed E-state index contributed by atoms with van der Waals surface area (Å²) in [5.41, 5.74) is -5.52. The van der Waals surface area contributed by atoms with E-state index in [2.05, 4.69) is 6.58 Å². The molecule has 0 saturated heterocycles. The molecular formula is C16H14ClF4N3O4S. The smallest absolute Gasteiger partial charge is 0.292 e. The highest BCUT2D eigenvalue weighted by Crippen LogP contribution is 2.32. The van der Waals surface area contributed by atoms with Gasteiger partial charge in [-0.1, -0.05) is 17.7 Å². The first-order valence-corrected chi connectivity index (χ1v) is 9.91. The Balaban J connectivity index is 2.88. The lowest BCUT2D eigenvalue weighted by atomic mass is 10.2. The maximum Gasteiger partial charge on any atom is 0.431 e. The Morgan fingerprint density at radius 2 is 1.83 bits per heavy atom. The summed E-state index contributed by atoms with van der Waals surface area (Å²) in [5.74, 6) is -1.22. The van der Waals surface area contributed by atoms with Crippen molar-refractivity contribution in [2.24, 2.45) is 7.05 Å². The van der Waals surface area contributed by atoms with Crippen molar-refractivity contribution >= 4 is 27.3 Å². The van der Waals surface area contributed by atoms with Crippen molar-refractivity contribution in [3.05, 3.63) is 68.2 Å². The largest absolute Gasteiger partial charge is 0.431 e. The Morgan fingerprint density at radius 3 is 2.31 bits per heavy atom. The number of benzene rings is 1. The third-order valence-electron chi connectivity index (χ3n) is 3.83. The van der Waals surface area contributed by atoms with Crippen LogP contribution in [-0.4, -0.2) is 30.4 Å². The van der Waals surface area contributed by atoms with E-state index in [9.17, 15) is 35.6 Å². The molecule has 0 unspecified atom stereocenters. The normalized spacial score (nSPS) is 12.1. The fraction of sp³-hybridized carbons (Fsp3) is 0.250. The molecule has 2 rings (SSSR count). The van der Waals surface area contributed by atoms with Crippen LogP contribution < -0.4 is 15.6 Å². The van der Waals surface area contributed by atoms with E-state index in [4.69, 9.17) is 11.6 Å². The minimum absolute atomic E-state index is 0.132. The summed E-state index contributed by atoms with van der Waals surface area (Å²) in [7, 11) is -3.17. The quantitative estimate of drug-likeness (QED) is 0.512. The number of sulfonamides is 1. The first kappa shape index (κ1) is 22.7. The molecule has 13 heteroatoms. The van der Waals surface area contributed by atoms with Crippen LogP contribution in [-0.2, 0) is 23.2 Å². The van der Waals surface area contributed by atoms with E-state index in [1.807, 2.05) is 0 Å². The van der Waals surface area contributed by atoms with Crippen LogP contribution in [0.25, 0.3) is 5.69 Å². The van der Waals surface area contributed by atoms with Crippen LogP contribution in [0, 0.1) is 5.82 Å². The zero-order valence-corrected chi connectivity index (χ0v) is 16.6. The van der Waals surface area contributed by atoms with Gasteiger partial charge in [-0.2, -0.15) is 13.2 Å². The van der Waals surface area contributed by atoms with E-state index in [1.54, 1.807) is 0 Å². The molecule has 0 aliphatic carbocycles. The van der Waals surface area contributed by atoms with Gasteiger partial charge in [0, 0.05) is 13.1 Å². The molecule has 0 radical (unpaired) electrons. The molecule has 0 aliphatic heterocycles. The van der Waals surface area contributed by atoms with Gasteiger partial charge < -0.3 is 0 Å². The molecule has 1 aromatic carbocycles. The zero-order valence-electron chi connectivity index (χ0n) is 15.0. The highest BCUT2D eigenvalue weighted by Gasteiger charge is 2.35. The minimum Gasteiger partial charge on any atom is -0.292 e. The number of hydrogen-bond donors (Lipinski definition) is 0. The van der Waals surface area contributed by atoms with Gasteiger partial charge in [-0.15, -0.1) is 6.58 Å². The van der Waals surface area contributed by atoms with E-state index in [1.165, 1.54) is 6.08 Å². The molecule has 2 aromatic rings. The number of nitrogens with zero attached hydrogens (tertiary/aromatic N) is 3. The number of hydrogen-bond acceptors (Lipinski definition) is 4. The molecule has 158 valence electrons. The van der Waals surface area contributed by atoms with Gasteiger partial charge in [-0.05, 0) is 12.1 Å². The van der Waals surface area contributed by atoms with E-state index >= 15 is 0 Å². The Kier molecular flexibility index (Phi) is 6.00. The summed E-state index contributed by atoms with van der Waals surface area (Å²) in [6.45, 7) is 3.13. The molecule has 0 fully saturated rings. The number of rotatable bonds is 5. The lowest BCUT2D eigenvalue weighted by Gasteiger charge is -2.23. The summed E-state index contributed by atoms with van der Waals surface area (Å²) < 4.78 is 78.5. The summed E-state index contributed by atoms with van der Waals surface area (Å²) >= 11 is 5.92. The van der Waals surface area contributed by atoms with Crippen molar-refractivity contribution in [2.45, 2.75) is 6.18 Å². The van der Waals surface area contributed by atoms with Crippen LogP contribution in [0.5, 0.6) is 0 Å². The fourth-order valence-electron chi connectivity index (χ4n) is 2.54. The van der Waals surface area contributed by atoms with Crippen LogP contribution in [0.1, 0.15) is 5.69 Å². The number of alkyl halides is 3. The van der Waals surface area contributed by atoms with Crippen molar-refractivity contribution in [2.75, 3.05) is 17.1 Å². The predicted molar refractivity (Wildman–Crippen MR) is 99.6 cm³/mol. The summed E-state index contributed by atoms with van der Waals surface area (Å²) in [4.78, 5) is 24.6. The van der Waals surface area contributed by atoms with Gasteiger partial charge in [0.05, 0.1) is 29.2 Å². The fourth-order valence-corrected chi connectivity index (χ4v) is 3.73. The molecule has 1 heterocycles. The Labute approximate surface area is 167 Å². The topological polar surface area (TPSA) is 81.4 Å². The second-order valence-electron chi connectivity index (χ2n) is 5.88. The number of anilines is 1. The molecule has 0 spiro atoms. The molecule has 0 saturated carbocycles. The van der Waals surface area contributed by atoms with Crippen LogP contribution in [0.4, 0.5) is 23.2 Å². The number of halogens is 5. The summed E-state index contributed by atoms with van der Waals surface area (Å²) in [6.07, 6.45) is -2.95. The Bertz CT molecular complexity index is 1200. The minimum atomic E-state index is -4.99. The maximum atomic E-state index is 14.5. The van der Waals surface area contributed by atoms with Crippen LogP contribution in [0.15, 0.2) is 40.4 Å². The van der Waals surface area contributed by atoms with Crippen LogP contribution >= 0.6 is 11.6 Å². The standard InChI is InChI=1S/C16H14ClF4N3O4S/c1-4-5-23(29(3,27)28)11-7-12(10(18)6-9(11)17)24-14(25)8-13(16(19,20)21)22(2)15(24)26/h4,6-8H,1,5H2,2-3H3. The summed E-state index contributed by atoms with van der Waals surface area (Å²) in [5, 5.41) is -0.365. The second kappa shape index (κ2) is 7.67. The molecule has 0 aliphatic rings. The van der Waals surface area contributed by atoms with E-state index < -0.39 is 44.6 Å². The van der Waals surface area contributed by atoms with Gasteiger partial charge >= 0.3 is 11.9 Å². The predicted octanol–water partition coefficient (Wildman–Crippen LogP) is 2.30. The zero-order chi connectivity index (χ0) is 22.3. The van der Waals surface area contributed by atoms with Gasteiger partial charge in [-0.25, -0.2) is 22.2 Å². The van der Waals surface area contributed by atoms with Crippen molar-refractivity contribution in [1.29, 1.82) is 0 Å². The van der Waals surface area contributed by atoms with Crippen LogP contribution in [0.3, 0.4) is 0 Å². The Hall–Kier alpha value is -2.60. The van der Waals surface area contributed by atoms with Crippen molar-refractivity contribution in [3.63, 3.8) is 0 Å². The average molecular weight is 456 g/mol. The molecule has 29 heavy (non-hydrogen) atoms. The highest BCUT2D eigenvalue weighted by atomic mass is 35.5. The number of aromatic nitrogens is 2.